The molecule has 3 rings (SSSR count). The van der Waals surface area contributed by atoms with Crippen LogP contribution in [0.1, 0.15) is 37.8 Å². The van der Waals surface area contributed by atoms with Crippen LogP contribution < -0.4 is 5.32 Å². The molecule has 0 spiro atoms. The lowest BCUT2D eigenvalue weighted by atomic mass is 10.0. The lowest BCUT2D eigenvalue weighted by molar-refractivity contribution is -0.122. The maximum Gasteiger partial charge on any atom is 0.249 e. The van der Waals surface area contributed by atoms with Crippen LogP contribution in [0.4, 0.5) is 0 Å². The Morgan fingerprint density at radius 1 is 1.11 bits per heavy atom. The van der Waals surface area contributed by atoms with Crippen LogP contribution in [0.5, 0.6) is 0 Å². The summed E-state index contributed by atoms with van der Waals surface area (Å²) in [4.78, 5) is 16.8. The summed E-state index contributed by atoms with van der Waals surface area (Å²) in [6.45, 7) is 4.02. The lowest BCUT2D eigenvalue weighted by Gasteiger charge is -2.16. The molecule has 0 radical (unpaired) electrons. The Morgan fingerprint density at radius 3 is 2.48 bits per heavy atom. The second-order valence-electron chi connectivity index (χ2n) is 6.87. The molecule has 0 aliphatic heterocycles. The highest BCUT2D eigenvalue weighted by Crippen LogP contribution is 2.23. The van der Waals surface area contributed by atoms with Gasteiger partial charge >= 0.3 is 0 Å². The molecule has 0 fully saturated rings. The molecule has 0 aliphatic carbocycles. The molecule has 1 N–H and O–H groups in total. The SMILES string of the molecule is CC(C)CC(=O)NC(Cc1ccccc1)c1nc(-c2ccc(Cl)cc2)no1. The number of carbonyl (C=O) groups is 1. The zero-order chi connectivity index (χ0) is 19.2. The largest absolute Gasteiger partial charge is 0.344 e. The summed E-state index contributed by atoms with van der Waals surface area (Å²) < 4.78 is 5.48. The van der Waals surface area contributed by atoms with Gasteiger partial charge in [0.1, 0.15) is 6.04 Å². The summed E-state index contributed by atoms with van der Waals surface area (Å²) in [5, 5.41) is 7.74. The Bertz CT molecular complexity index is 876. The van der Waals surface area contributed by atoms with Crippen molar-refractivity contribution in [3.8, 4) is 11.4 Å². The molecule has 140 valence electrons. The Hall–Kier alpha value is -2.66. The van der Waals surface area contributed by atoms with Crippen LogP contribution in [0.3, 0.4) is 0 Å². The standard InChI is InChI=1S/C21H22ClN3O2/c1-14(2)12-19(26)23-18(13-15-6-4-3-5-7-15)21-24-20(25-27-21)16-8-10-17(22)11-9-16/h3-11,14,18H,12-13H2,1-2H3,(H,23,26). The molecule has 1 atom stereocenters. The quantitative estimate of drug-likeness (QED) is 0.634. The average Bonchev–Trinajstić information content (AvgIpc) is 3.12. The van der Waals surface area contributed by atoms with E-state index in [0.29, 0.717) is 29.6 Å². The maximum atomic E-state index is 12.3. The van der Waals surface area contributed by atoms with Crippen molar-refractivity contribution in [2.45, 2.75) is 32.7 Å². The van der Waals surface area contributed by atoms with Crippen LogP contribution in [0.2, 0.25) is 5.02 Å². The first-order chi connectivity index (χ1) is 13.0. The van der Waals surface area contributed by atoms with Crippen molar-refractivity contribution in [2.75, 3.05) is 0 Å². The van der Waals surface area contributed by atoms with Gasteiger partial charge in [0.25, 0.3) is 0 Å². The molecule has 0 aliphatic rings. The molecule has 1 amide bonds. The van der Waals surface area contributed by atoms with Crippen LogP contribution in [-0.4, -0.2) is 16.0 Å². The first-order valence-electron chi connectivity index (χ1n) is 8.94. The number of nitrogens with one attached hydrogen (secondary N) is 1. The number of rotatable bonds is 7. The lowest BCUT2D eigenvalue weighted by Crippen LogP contribution is -2.31. The van der Waals surface area contributed by atoms with Gasteiger partial charge in [0, 0.05) is 23.4 Å². The van der Waals surface area contributed by atoms with Crippen molar-refractivity contribution in [1.29, 1.82) is 0 Å². The first kappa shape index (κ1) is 19.1. The minimum atomic E-state index is -0.382. The summed E-state index contributed by atoms with van der Waals surface area (Å²) in [5.41, 5.74) is 1.89. The molecular formula is C21H22ClN3O2. The fraction of sp³-hybridized carbons (Fsp3) is 0.286. The van der Waals surface area contributed by atoms with E-state index in [0.717, 1.165) is 11.1 Å². The maximum absolute atomic E-state index is 12.3. The van der Waals surface area contributed by atoms with Crippen LogP contribution in [0.15, 0.2) is 59.1 Å². The van der Waals surface area contributed by atoms with Gasteiger partial charge in [-0.1, -0.05) is 60.9 Å². The monoisotopic (exact) mass is 383 g/mol. The summed E-state index contributed by atoms with van der Waals surface area (Å²) in [5.74, 6) is 1.10. The molecule has 27 heavy (non-hydrogen) atoms. The number of hydrogen-bond acceptors (Lipinski definition) is 4. The summed E-state index contributed by atoms with van der Waals surface area (Å²) in [6, 6.07) is 16.8. The normalized spacial score (nSPS) is 12.1. The van der Waals surface area contributed by atoms with Crippen LogP contribution in [0, 0.1) is 5.92 Å². The Kier molecular flexibility index (Phi) is 6.24. The van der Waals surface area contributed by atoms with E-state index in [-0.39, 0.29) is 17.9 Å². The average molecular weight is 384 g/mol. The molecule has 3 aromatic rings. The highest BCUT2D eigenvalue weighted by Gasteiger charge is 2.22. The van der Waals surface area contributed by atoms with Gasteiger partial charge in [0.15, 0.2) is 0 Å². The van der Waals surface area contributed by atoms with Gasteiger partial charge in [-0.15, -0.1) is 0 Å². The molecule has 6 heteroatoms. The number of nitrogens with zero attached hydrogens (tertiary/aromatic N) is 2. The molecule has 0 saturated carbocycles. The fourth-order valence-electron chi connectivity index (χ4n) is 2.77. The van der Waals surface area contributed by atoms with Crippen molar-refractivity contribution in [2.24, 2.45) is 5.92 Å². The summed E-state index contributed by atoms with van der Waals surface area (Å²) in [7, 11) is 0. The number of benzene rings is 2. The predicted molar refractivity (Wildman–Crippen MR) is 105 cm³/mol. The second kappa shape index (κ2) is 8.82. The Morgan fingerprint density at radius 2 is 1.81 bits per heavy atom. The van der Waals surface area contributed by atoms with E-state index in [1.54, 1.807) is 12.1 Å². The van der Waals surface area contributed by atoms with E-state index >= 15 is 0 Å². The third kappa shape index (κ3) is 5.41. The minimum Gasteiger partial charge on any atom is -0.344 e. The van der Waals surface area contributed by atoms with E-state index in [9.17, 15) is 4.79 Å². The van der Waals surface area contributed by atoms with Crippen molar-refractivity contribution >= 4 is 17.5 Å². The fourth-order valence-corrected chi connectivity index (χ4v) is 2.89. The van der Waals surface area contributed by atoms with Crippen LogP contribution in [-0.2, 0) is 11.2 Å². The number of aromatic nitrogens is 2. The van der Waals surface area contributed by atoms with E-state index < -0.39 is 0 Å². The number of carbonyl (C=O) groups excluding carboxylic acids is 1. The van der Waals surface area contributed by atoms with Crippen LogP contribution >= 0.6 is 11.6 Å². The molecule has 2 aromatic carbocycles. The molecule has 0 saturated heterocycles. The topological polar surface area (TPSA) is 68.0 Å². The van der Waals surface area contributed by atoms with Gasteiger partial charge < -0.3 is 9.84 Å². The van der Waals surface area contributed by atoms with Gasteiger partial charge in [-0.2, -0.15) is 4.98 Å². The Balaban J connectivity index is 1.83. The van der Waals surface area contributed by atoms with Gasteiger partial charge in [-0.05, 0) is 35.7 Å². The van der Waals surface area contributed by atoms with Crippen LogP contribution in [0.25, 0.3) is 11.4 Å². The number of hydrogen-bond donors (Lipinski definition) is 1. The second-order valence-corrected chi connectivity index (χ2v) is 7.31. The number of amides is 1. The molecular weight excluding hydrogens is 362 g/mol. The third-order valence-electron chi connectivity index (χ3n) is 4.05. The molecule has 1 unspecified atom stereocenters. The van der Waals surface area contributed by atoms with Crippen molar-refractivity contribution in [1.82, 2.24) is 15.5 Å². The smallest absolute Gasteiger partial charge is 0.249 e. The van der Waals surface area contributed by atoms with Crippen molar-refractivity contribution in [3.05, 3.63) is 71.1 Å². The zero-order valence-corrected chi connectivity index (χ0v) is 16.1. The molecule has 5 nitrogen and oxygen atoms in total. The summed E-state index contributed by atoms with van der Waals surface area (Å²) in [6.07, 6.45) is 1.02. The van der Waals surface area contributed by atoms with E-state index in [1.807, 2.05) is 56.3 Å². The predicted octanol–water partition coefficient (Wildman–Crippen LogP) is 4.84. The third-order valence-corrected chi connectivity index (χ3v) is 4.31. The first-order valence-corrected chi connectivity index (χ1v) is 9.32. The van der Waals surface area contributed by atoms with Gasteiger partial charge in [0.05, 0.1) is 0 Å². The highest BCUT2D eigenvalue weighted by atomic mass is 35.5. The van der Waals surface area contributed by atoms with Gasteiger partial charge in [0.2, 0.25) is 17.6 Å². The van der Waals surface area contributed by atoms with Gasteiger partial charge in [-0.3, -0.25) is 4.79 Å². The molecule has 1 heterocycles. The minimum absolute atomic E-state index is 0.0304. The highest BCUT2D eigenvalue weighted by molar-refractivity contribution is 6.30. The Labute approximate surface area is 163 Å². The van der Waals surface area contributed by atoms with Crippen molar-refractivity contribution in [3.63, 3.8) is 0 Å². The number of halogens is 1. The molecule has 1 aromatic heterocycles. The zero-order valence-electron chi connectivity index (χ0n) is 15.4. The molecule has 0 bridgehead atoms. The van der Waals surface area contributed by atoms with E-state index in [2.05, 4.69) is 15.5 Å². The van der Waals surface area contributed by atoms with Crippen molar-refractivity contribution < 1.29 is 9.32 Å². The van der Waals surface area contributed by atoms with E-state index in [4.69, 9.17) is 16.1 Å². The summed E-state index contributed by atoms with van der Waals surface area (Å²) >= 11 is 5.93. The van der Waals surface area contributed by atoms with E-state index in [1.165, 1.54) is 0 Å². The van der Waals surface area contributed by atoms with Gasteiger partial charge in [-0.25, -0.2) is 0 Å².